The van der Waals surface area contributed by atoms with E-state index in [9.17, 15) is 0 Å². The summed E-state index contributed by atoms with van der Waals surface area (Å²) in [5.74, 6) is 3.71. The molecule has 0 amide bonds. The molecule has 3 heterocycles. The molecule has 0 aromatic heterocycles. The van der Waals surface area contributed by atoms with Crippen molar-refractivity contribution in [2.75, 3.05) is 26.2 Å². The van der Waals surface area contributed by atoms with E-state index in [1.807, 2.05) is 0 Å². The van der Waals surface area contributed by atoms with E-state index in [2.05, 4.69) is 21.5 Å². The molecule has 0 aromatic carbocycles. The molecule has 4 heteroatoms. The Hall–Kier alpha value is -0.160. The number of rotatable bonds is 1. The summed E-state index contributed by atoms with van der Waals surface area (Å²) in [6, 6.07) is 1.47. The van der Waals surface area contributed by atoms with E-state index < -0.39 is 0 Å². The van der Waals surface area contributed by atoms with Crippen molar-refractivity contribution in [3.8, 4) is 0 Å². The number of nitrogens with one attached hydrogen (secondary N) is 4. The summed E-state index contributed by atoms with van der Waals surface area (Å²) >= 11 is 0. The molecule has 1 aliphatic carbocycles. The lowest BCUT2D eigenvalue weighted by molar-refractivity contribution is 0.0747. The van der Waals surface area contributed by atoms with Gasteiger partial charge in [0.15, 0.2) is 0 Å². The quantitative estimate of drug-likeness (QED) is 0.556. The maximum Gasteiger partial charge on any atom is 0.0381 e. The van der Waals surface area contributed by atoms with Crippen molar-refractivity contribution in [2.45, 2.75) is 44.2 Å². The van der Waals surface area contributed by atoms with E-state index in [-0.39, 0.29) is 0 Å². The second kappa shape index (κ2) is 5.32. The zero-order valence-electron chi connectivity index (χ0n) is 11.8. The molecule has 3 saturated heterocycles. The molecule has 4 N–H and O–H groups in total. The van der Waals surface area contributed by atoms with Gasteiger partial charge in [-0.2, -0.15) is 0 Å². The fourth-order valence-electron chi connectivity index (χ4n) is 5.16. The number of hydrogen-bond acceptors (Lipinski definition) is 4. The molecule has 6 unspecified atom stereocenters. The van der Waals surface area contributed by atoms with Crippen LogP contribution in [0.2, 0.25) is 0 Å². The highest BCUT2D eigenvalue weighted by Gasteiger charge is 2.45. The van der Waals surface area contributed by atoms with Gasteiger partial charge in [0.05, 0.1) is 0 Å². The van der Waals surface area contributed by atoms with Gasteiger partial charge in [0.2, 0.25) is 0 Å². The van der Waals surface area contributed by atoms with E-state index in [0.717, 1.165) is 36.3 Å². The van der Waals surface area contributed by atoms with Crippen molar-refractivity contribution in [3.63, 3.8) is 0 Å². The third-order valence-corrected chi connectivity index (χ3v) is 6.23. The summed E-state index contributed by atoms with van der Waals surface area (Å²) in [4.78, 5) is 0. The van der Waals surface area contributed by atoms with Gasteiger partial charge < -0.3 is 10.6 Å². The first kappa shape index (κ1) is 12.6. The van der Waals surface area contributed by atoms with Crippen molar-refractivity contribution in [2.24, 2.45) is 23.7 Å². The largest absolute Gasteiger partial charge is 0.316 e. The lowest BCUT2D eigenvalue weighted by Gasteiger charge is -2.47. The Balaban J connectivity index is 1.44. The average molecular weight is 264 g/mol. The topological polar surface area (TPSA) is 48.1 Å². The first-order chi connectivity index (χ1) is 9.42. The fraction of sp³-hybridized carbons (Fsp3) is 1.00. The van der Waals surface area contributed by atoms with Crippen LogP contribution in [0.25, 0.3) is 0 Å². The van der Waals surface area contributed by atoms with Gasteiger partial charge in [-0.15, -0.1) is 0 Å². The molecular formula is C15H28N4. The SMILES string of the molecule is C1CNCC(C2CCC3NCC4NNCC4C3C2)C1. The van der Waals surface area contributed by atoms with Gasteiger partial charge in [0.1, 0.15) is 0 Å². The molecule has 0 radical (unpaired) electrons. The lowest BCUT2D eigenvalue weighted by Crippen LogP contribution is -2.57. The maximum atomic E-state index is 3.80. The minimum atomic E-state index is 0.671. The molecular weight excluding hydrogens is 236 g/mol. The summed E-state index contributed by atoms with van der Waals surface area (Å²) in [6.07, 6.45) is 7.19. The Kier molecular flexibility index (Phi) is 3.52. The second-order valence-corrected chi connectivity index (χ2v) is 7.15. The molecule has 4 fully saturated rings. The van der Waals surface area contributed by atoms with Crippen molar-refractivity contribution in [1.82, 2.24) is 21.5 Å². The number of fused-ring (bicyclic) bond motifs is 3. The second-order valence-electron chi connectivity index (χ2n) is 7.15. The number of hydrazine groups is 1. The zero-order valence-corrected chi connectivity index (χ0v) is 11.8. The van der Waals surface area contributed by atoms with Gasteiger partial charge in [-0.05, 0) is 68.9 Å². The van der Waals surface area contributed by atoms with Gasteiger partial charge in [-0.1, -0.05) is 0 Å². The van der Waals surface area contributed by atoms with E-state index in [1.54, 1.807) is 0 Å². The smallest absolute Gasteiger partial charge is 0.0381 e. The molecule has 0 aromatic rings. The molecule has 6 atom stereocenters. The van der Waals surface area contributed by atoms with Gasteiger partial charge >= 0.3 is 0 Å². The Morgan fingerprint density at radius 3 is 2.68 bits per heavy atom. The zero-order chi connectivity index (χ0) is 12.7. The monoisotopic (exact) mass is 264 g/mol. The van der Waals surface area contributed by atoms with E-state index in [0.29, 0.717) is 6.04 Å². The van der Waals surface area contributed by atoms with Gasteiger partial charge in [-0.25, -0.2) is 0 Å². The van der Waals surface area contributed by atoms with Crippen LogP contribution in [-0.4, -0.2) is 38.3 Å². The molecule has 0 bridgehead atoms. The van der Waals surface area contributed by atoms with Gasteiger partial charge in [0, 0.05) is 25.2 Å². The van der Waals surface area contributed by atoms with E-state index in [1.165, 1.54) is 51.7 Å². The van der Waals surface area contributed by atoms with Crippen molar-refractivity contribution >= 4 is 0 Å². The predicted molar refractivity (Wildman–Crippen MR) is 76.6 cm³/mol. The van der Waals surface area contributed by atoms with Crippen LogP contribution in [-0.2, 0) is 0 Å². The Labute approximate surface area is 116 Å². The predicted octanol–water partition coefficient (Wildman–Crippen LogP) is 0.467. The van der Waals surface area contributed by atoms with Crippen LogP contribution < -0.4 is 21.5 Å². The van der Waals surface area contributed by atoms with Gasteiger partial charge in [-0.3, -0.25) is 10.9 Å². The Morgan fingerprint density at radius 1 is 0.789 bits per heavy atom. The third kappa shape index (κ3) is 2.33. The normalized spacial score (nSPS) is 50.5. The molecule has 4 aliphatic rings. The van der Waals surface area contributed by atoms with Crippen LogP contribution in [0.5, 0.6) is 0 Å². The molecule has 4 rings (SSSR count). The van der Waals surface area contributed by atoms with Crippen molar-refractivity contribution < 1.29 is 0 Å². The van der Waals surface area contributed by atoms with Crippen molar-refractivity contribution in [3.05, 3.63) is 0 Å². The first-order valence-electron chi connectivity index (χ1n) is 8.34. The van der Waals surface area contributed by atoms with E-state index in [4.69, 9.17) is 0 Å². The fourth-order valence-corrected chi connectivity index (χ4v) is 5.16. The summed E-state index contributed by atoms with van der Waals surface area (Å²) in [6.45, 7) is 4.87. The molecule has 4 nitrogen and oxygen atoms in total. The number of hydrogen-bond donors (Lipinski definition) is 4. The summed E-state index contributed by atoms with van der Waals surface area (Å²) in [5.41, 5.74) is 6.85. The summed E-state index contributed by atoms with van der Waals surface area (Å²) < 4.78 is 0. The maximum absolute atomic E-state index is 3.80. The average Bonchev–Trinajstić information content (AvgIpc) is 2.96. The van der Waals surface area contributed by atoms with Crippen LogP contribution in [0.4, 0.5) is 0 Å². The van der Waals surface area contributed by atoms with Crippen LogP contribution in [0, 0.1) is 23.7 Å². The first-order valence-corrected chi connectivity index (χ1v) is 8.34. The highest BCUT2D eigenvalue weighted by molar-refractivity contribution is 5.01. The minimum absolute atomic E-state index is 0.671. The van der Waals surface area contributed by atoms with Crippen molar-refractivity contribution in [1.29, 1.82) is 0 Å². The highest BCUT2D eigenvalue weighted by Crippen LogP contribution is 2.42. The Morgan fingerprint density at radius 2 is 1.79 bits per heavy atom. The summed E-state index contributed by atoms with van der Waals surface area (Å²) in [7, 11) is 0. The molecule has 108 valence electrons. The third-order valence-electron chi connectivity index (χ3n) is 6.23. The highest BCUT2D eigenvalue weighted by atomic mass is 15.4. The standard InChI is InChI=1S/C15H28N4/c1-2-11(7-16-5-1)10-3-4-14-12(6-10)13-8-18-19-15(13)9-17-14/h10-19H,1-9H2. The lowest BCUT2D eigenvalue weighted by atomic mass is 9.65. The van der Waals surface area contributed by atoms with Crippen LogP contribution in [0.3, 0.4) is 0 Å². The van der Waals surface area contributed by atoms with E-state index >= 15 is 0 Å². The molecule has 0 spiro atoms. The molecule has 3 aliphatic heterocycles. The molecule has 19 heavy (non-hydrogen) atoms. The van der Waals surface area contributed by atoms with Crippen LogP contribution >= 0.6 is 0 Å². The number of piperidine rings is 2. The molecule has 1 saturated carbocycles. The Bertz CT molecular complexity index is 315. The van der Waals surface area contributed by atoms with Crippen LogP contribution in [0.1, 0.15) is 32.1 Å². The van der Waals surface area contributed by atoms with Gasteiger partial charge in [0.25, 0.3) is 0 Å². The minimum Gasteiger partial charge on any atom is -0.316 e. The summed E-state index contributed by atoms with van der Waals surface area (Å²) in [5, 5.41) is 7.41. The van der Waals surface area contributed by atoms with Crippen LogP contribution in [0.15, 0.2) is 0 Å².